The molecule has 0 aliphatic rings. The summed E-state index contributed by atoms with van der Waals surface area (Å²) in [6.07, 6.45) is -4.06. The number of alkyl halides is 3. The van der Waals surface area contributed by atoms with Gasteiger partial charge in [0.05, 0.1) is 10.6 Å². The van der Waals surface area contributed by atoms with Crippen molar-refractivity contribution in [3.63, 3.8) is 0 Å². The van der Waals surface area contributed by atoms with Crippen molar-refractivity contribution >= 4 is 21.6 Å². The minimum Gasteiger partial charge on any atom is -0.361 e. The fourth-order valence-electron chi connectivity index (χ4n) is 2.30. The molecule has 11 heteroatoms. The highest BCUT2D eigenvalue weighted by Crippen LogP contribution is 2.18. The topological polar surface area (TPSA) is 101 Å². The summed E-state index contributed by atoms with van der Waals surface area (Å²) in [4.78, 5) is 11.7. The van der Waals surface area contributed by atoms with Crippen molar-refractivity contribution in [2.24, 2.45) is 0 Å². The lowest BCUT2D eigenvalue weighted by atomic mass is 10.1. The lowest BCUT2D eigenvalue weighted by Gasteiger charge is -2.10. The van der Waals surface area contributed by atoms with Gasteiger partial charge in [-0.25, -0.2) is 13.1 Å². The SMILES string of the molecule is Cc1noc(C)c1CCC(=O)Nc1ccc(S(=O)(=O)NCC(F)(F)F)cc1. The Morgan fingerprint density at radius 1 is 1.19 bits per heavy atom. The van der Waals surface area contributed by atoms with Crippen LogP contribution in [0.4, 0.5) is 18.9 Å². The van der Waals surface area contributed by atoms with E-state index in [4.69, 9.17) is 4.52 Å². The van der Waals surface area contributed by atoms with Crippen LogP contribution in [-0.4, -0.2) is 32.2 Å². The molecule has 1 amide bonds. The zero-order valence-corrected chi connectivity index (χ0v) is 15.4. The highest BCUT2D eigenvalue weighted by molar-refractivity contribution is 7.89. The van der Waals surface area contributed by atoms with Gasteiger partial charge in [0.25, 0.3) is 0 Å². The number of nitrogens with zero attached hydrogens (tertiary/aromatic N) is 1. The van der Waals surface area contributed by atoms with Crippen LogP contribution in [0.5, 0.6) is 0 Å². The molecule has 2 N–H and O–H groups in total. The normalized spacial score (nSPS) is 12.2. The van der Waals surface area contributed by atoms with Crippen LogP contribution >= 0.6 is 0 Å². The molecule has 0 bridgehead atoms. The highest BCUT2D eigenvalue weighted by atomic mass is 32.2. The van der Waals surface area contributed by atoms with Crippen LogP contribution in [0.15, 0.2) is 33.7 Å². The number of hydrogen-bond acceptors (Lipinski definition) is 5. The van der Waals surface area contributed by atoms with E-state index in [0.717, 1.165) is 17.7 Å². The molecule has 0 atom stereocenters. The second kappa shape index (κ2) is 8.09. The zero-order chi connectivity index (χ0) is 20.2. The lowest BCUT2D eigenvalue weighted by molar-refractivity contribution is -0.121. The molecule has 27 heavy (non-hydrogen) atoms. The molecule has 2 rings (SSSR count). The Bertz CT molecular complexity index is 886. The third-order valence-corrected chi connectivity index (χ3v) is 5.11. The average molecular weight is 405 g/mol. The number of aromatic nitrogens is 1. The predicted molar refractivity (Wildman–Crippen MR) is 90.6 cm³/mol. The minimum atomic E-state index is -4.65. The number of carbonyl (C=O) groups excluding carboxylic acids is 1. The molecule has 1 heterocycles. The van der Waals surface area contributed by atoms with Crippen LogP contribution in [-0.2, 0) is 21.2 Å². The van der Waals surface area contributed by atoms with Crippen molar-refractivity contribution in [1.82, 2.24) is 9.88 Å². The molecule has 0 fully saturated rings. The molecule has 1 aromatic carbocycles. The van der Waals surface area contributed by atoms with E-state index in [1.165, 1.54) is 16.9 Å². The van der Waals surface area contributed by atoms with E-state index in [9.17, 15) is 26.4 Å². The van der Waals surface area contributed by atoms with Gasteiger partial charge in [-0.1, -0.05) is 5.16 Å². The van der Waals surface area contributed by atoms with E-state index in [1.54, 1.807) is 13.8 Å². The first kappa shape index (κ1) is 20.9. The summed E-state index contributed by atoms with van der Waals surface area (Å²) >= 11 is 0. The van der Waals surface area contributed by atoms with Crippen molar-refractivity contribution in [2.75, 3.05) is 11.9 Å². The molecule has 0 spiro atoms. The highest BCUT2D eigenvalue weighted by Gasteiger charge is 2.30. The number of hydrogen-bond donors (Lipinski definition) is 2. The molecule has 0 saturated heterocycles. The van der Waals surface area contributed by atoms with Crippen LogP contribution in [0.3, 0.4) is 0 Å². The monoisotopic (exact) mass is 405 g/mol. The summed E-state index contributed by atoms with van der Waals surface area (Å²) in [7, 11) is -4.29. The van der Waals surface area contributed by atoms with Crippen molar-refractivity contribution in [1.29, 1.82) is 0 Å². The molecule has 0 saturated carbocycles. The van der Waals surface area contributed by atoms with Gasteiger partial charge >= 0.3 is 6.18 Å². The van der Waals surface area contributed by atoms with E-state index in [2.05, 4.69) is 10.5 Å². The molecular weight excluding hydrogens is 387 g/mol. The van der Waals surface area contributed by atoms with Crippen LogP contribution in [0.1, 0.15) is 23.4 Å². The molecule has 0 radical (unpaired) electrons. The summed E-state index contributed by atoms with van der Waals surface area (Å²) in [5, 5.41) is 6.39. The van der Waals surface area contributed by atoms with Crippen molar-refractivity contribution in [2.45, 2.75) is 37.8 Å². The zero-order valence-electron chi connectivity index (χ0n) is 14.6. The van der Waals surface area contributed by atoms with Crippen molar-refractivity contribution < 1.29 is 30.9 Å². The first-order valence-corrected chi connectivity index (χ1v) is 9.34. The standard InChI is InChI=1S/C16H18F3N3O4S/c1-10-14(11(2)26-22-10)7-8-15(23)21-12-3-5-13(6-4-12)27(24,25)20-9-16(17,18)19/h3-6,20H,7-9H2,1-2H3,(H,21,23). The van der Waals surface area contributed by atoms with E-state index >= 15 is 0 Å². The van der Waals surface area contributed by atoms with Gasteiger partial charge in [-0.15, -0.1) is 0 Å². The second-order valence-corrected chi connectivity index (χ2v) is 7.58. The number of amides is 1. The Balaban J connectivity index is 1.94. The number of anilines is 1. The van der Waals surface area contributed by atoms with Crippen LogP contribution in [0.25, 0.3) is 0 Å². The Kier molecular flexibility index (Phi) is 6.26. The number of rotatable bonds is 7. The molecule has 7 nitrogen and oxygen atoms in total. The average Bonchev–Trinajstić information content (AvgIpc) is 2.89. The summed E-state index contributed by atoms with van der Waals surface area (Å²) in [5.74, 6) is 0.335. The molecule has 148 valence electrons. The van der Waals surface area contributed by atoms with Gasteiger partial charge in [-0.3, -0.25) is 4.79 Å². The van der Waals surface area contributed by atoms with Crippen molar-refractivity contribution in [3.05, 3.63) is 41.3 Å². The third-order valence-electron chi connectivity index (χ3n) is 3.69. The van der Waals surface area contributed by atoms with Gasteiger partial charge in [0, 0.05) is 17.7 Å². The van der Waals surface area contributed by atoms with Gasteiger partial charge in [-0.2, -0.15) is 13.2 Å². The summed E-state index contributed by atoms with van der Waals surface area (Å²) in [6.45, 7) is 1.87. The lowest BCUT2D eigenvalue weighted by Crippen LogP contribution is -2.33. The van der Waals surface area contributed by atoms with Crippen LogP contribution in [0, 0.1) is 13.8 Å². The molecule has 2 aromatic rings. The molecule has 0 aliphatic carbocycles. The predicted octanol–water partition coefficient (Wildman–Crippen LogP) is 2.70. The van der Waals surface area contributed by atoms with E-state index in [1.807, 2.05) is 0 Å². The van der Waals surface area contributed by atoms with Crippen LogP contribution < -0.4 is 10.0 Å². The third kappa shape index (κ3) is 6.07. The minimum absolute atomic E-state index is 0.163. The maximum Gasteiger partial charge on any atom is 0.402 e. The molecule has 1 aromatic heterocycles. The Hall–Kier alpha value is -2.40. The number of aryl methyl sites for hydroxylation is 2. The van der Waals surface area contributed by atoms with Crippen LogP contribution in [0.2, 0.25) is 0 Å². The van der Waals surface area contributed by atoms with E-state index in [0.29, 0.717) is 23.6 Å². The van der Waals surface area contributed by atoms with Gasteiger partial charge in [0.1, 0.15) is 12.3 Å². The fourth-order valence-corrected chi connectivity index (χ4v) is 3.31. The fraction of sp³-hybridized carbons (Fsp3) is 0.375. The number of benzene rings is 1. The van der Waals surface area contributed by atoms with Gasteiger partial charge < -0.3 is 9.84 Å². The first-order valence-electron chi connectivity index (χ1n) is 7.86. The first-order chi connectivity index (χ1) is 12.5. The second-order valence-electron chi connectivity index (χ2n) is 5.82. The maximum atomic E-state index is 12.1. The Labute approximate surface area is 154 Å². The summed E-state index contributed by atoms with van der Waals surface area (Å²) in [5.41, 5.74) is 1.89. The maximum absolute atomic E-state index is 12.1. The summed E-state index contributed by atoms with van der Waals surface area (Å²) in [6, 6.07) is 4.83. The molecule has 0 aliphatic heterocycles. The summed E-state index contributed by atoms with van der Waals surface area (Å²) < 4.78 is 66.5. The quantitative estimate of drug-likeness (QED) is 0.738. The Morgan fingerprint density at radius 3 is 2.33 bits per heavy atom. The molecule has 0 unspecified atom stereocenters. The smallest absolute Gasteiger partial charge is 0.361 e. The van der Waals surface area contributed by atoms with E-state index < -0.39 is 22.7 Å². The number of nitrogens with one attached hydrogen (secondary N) is 2. The van der Waals surface area contributed by atoms with Crippen molar-refractivity contribution in [3.8, 4) is 0 Å². The number of carbonyl (C=O) groups is 1. The largest absolute Gasteiger partial charge is 0.402 e. The van der Waals surface area contributed by atoms with Gasteiger partial charge in [-0.05, 0) is 44.5 Å². The molecular formula is C16H18F3N3O4S. The Morgan fingerprint density at radius 2 is 1.81 bits per heavy atom. The van der Waals surface area contributed by atoms with Gasteiger partial charge in [0.15, 0.2) is 0 Å². The number of halogens is 3. The number of sulfonamides is 1. The van der Waals surface area contributed by atoms with E-state index in [-0.39, 0.29) is 17.2 Å². The van der Waals surface area contributed by atoms with Gasteiger partial charge in [0.2, 0.25) is 15.9 Å².